The Kier molecular flexibility index (Phi) is 3.53. The van der Waals surface area contributed by atoms with E-state index in [0.29, 0.717) is 0 Å². The lowest BCUT2D eigenvalue weighted by Gasteiger charge is -1.93. The molecule has 50 valence electrons. The van der Waals surface area contributed by atoms with Crippen LogP contribution in [0.4, 0.5) is 0 Å². The summed E-state index contributed by atoms with van der Waals surface area (Å²) in [6.45, 7) is -0.267. The minimum Gasteiger partial charge on any atom is -0.330 e. The summed E-state index contributed by atoms with van der Waals surface area (Å²) < 4.78 is 28.8. The van der Waals surface area contributed by atoms with Crippen LogP contribution in [-0.2, 0) is 0 Å². The van der Waals surface area contributed by atoms with Crippen LogP contribution in [0.15, 0.2) is 0 Å². The van der Waals surface area contributed by atoms with Crippen LogP contribution in [0, 0.1) is 0 Å². The van der Waals surface area contributed by atoms with Crippen LogP contribution < -0.4 is 11.5 Å². The highest BCUT2D eigenvalue weighted by atomic mass is 33.1. The first-order chi connectivity index (χ1) is 5.33. The SMILES string of the molecule is [2H]C([2H])(CN)SSC([2H])([2H])CN. The molecule has 0 rings (SSSR count). The molecule has 0 atom stereocenters. The van der Waals surface area contributed by atoms with E-state index >= 15 is 0 Å². The summed E-state index contributed by atoms with van der Waals surface area (Å²) in [6, 6.07) is 0. The molecule has 2 nitrogen and oxygen atoms in total. The van der Waals surface area contributed by atoms with Gasteiger partial charge in [0.25, 0.3) is 0 Å². The molecule has 0 unspecified atom stereocenters. The molecule has 0 aromatic rings. The Morgan fingerprint density at radius 3 is 1.75 bits per heavy atom. The van der Waals surface area contributed by atoms with Gasteiger partial charge in [-0.25, -0.2) is 0 Å². The zero-order valence-electron chi connectivity index (χ0n) is 8.39. The van der Waals surface area contributed by atoms with Crippen LogP contribution in [0.25, 0.3) is 0 Å². The Hall–Kier alpha value is 0.620. The Morgan fingerprint density at radius 2 is 1.50 bits per heavy atom. The molecule has 0 radical (unpaired) electrons. The van der Waals surface area contributed by atoms with Gasteiger partial charge in [0.05, 0.1) is 0 Å². The van der Waals surface area contributed by atoms with Gasteiger partial charge < -0.3 is 11.5 Å². The first kappa shape index (κ1) is 3.71. The molecule has 0 aliphatic heterocycles. The summed E-state index contributed by atoms with van der Waals surface area (Å²) in [7, 11) is 1.56. The smallest absolute Gasteiger partial charge is 0.0402 e. The van der Waals surface area contributed by atoms with Gasteiger partial charge in [-0.05, 0) is 0 Å². The molecule has 0 amide bonds. The summed E-state index contributed by atoms with van der Waals surface area (Å²) in [5.41, 5.74) is 7.05. The number of rotatable bonds is 5. The molecule has 4 heteroatoms. The van der Waals surface area contributed by atoms with Crippen LogP contribution >= 0.6 is 21.6 Å². The maximum Gasteiger partial charge on any atom is 0.0402 e. The topological polar surface area (TPSA) is 52.0 Å². The minimum atomic E-state index is -1.59. The summed E-state index contributed by atoms with van der Waals surface area (Å²) in [4.78, 5) is 0. The van der Waals surface area contributed by atoms with E-state index in [1.807, 2.05) is 0 Å². The third-order valence-electron chi connectivity index (χ3n) is 0.326. The van der Waals surface area contributed by atoms with Crippen molar-refractivity contribution in [3.8, 4) is 0 Å². The van der Waals surface area contributed by atoms with Gasteiger partial charge in [-0.2, -0.15) is 0 Å². The first-order valence-electron chi connectivity index (χ1n) is 4.10. The van der Waals surface area contributed by atoms with Gasteiger partial charge >= 0.3 is 0 Å². The van der Waals surface area contributed by atoms with E-state index < -0.39 is 11.4 Å². The lowest BCUT2D eigenvalue weighted by atomic mass is 10.8. The number of hydrogen-bond acceptors (Lipinski definition) is 4. The van der Waals surface area contributed by atoms with Crippen LogP contribution in [0.5, 0.6) is 0 Å². The molecule has 0 saturated heterocycles. The van der Waals surface area contributed by atoms with E-state index in [1.165, 1.54) is 0 Å². The second-order valence-corrected chi connectivity index (χ2v) is 2.77. The Labute approximate surface area is 63.8 Å². The predicted octanol–water partition coefficient (Wildman–Crippen LogP) is 0.285. The number of hydrogen-bond donors (Lipinski definition) is 2. The summed E-state index contributed by atoms with van der Waals surface area (Å²) in [5, 5.41) is 0. The summed E-state index contributed by atoms with van der Waals surface area (Å²) >= 11 is 0. The Morgan fingerprint density at radius 1 is 1.12 bits per heavy atom. The maximum atomic E-state index is 7.21. The van der Waals surface area contributed by atoms with Crippen molar-refractivity contribution in [1.29, 1.82) is 0 Å². The van der Waals surface area contributed by atoms with Gasteiger partial charge in [-0.3, -0.25) is 0 Å². The molecule has 0 saturated carbocycles. The van der Waals surface area contributed by atoms with Gasteiger partial charge in [0.15, 0.2) is 0 Å². The van der Waals surface area contributed by atoms with E-state index in [4.69, 9.17) is 17.0 Å². The third-order valence-corrected chi connectivity index (χ3v) is 1.94. The van der Waals surface area contributed by atoms with Crippen molar-refractivity contribution in [3.63, 3.8) is 0 Å². The molecule has 0 heterocycles. The lowest BCUT2D eigenvalue weighted by Crippen LogP contribution is -2.02. The molecule has 0 aromatic heterocycles. The molecule has 0 spiro atoms. The summed E-state index contributed by atoms with van der Waals surface area (Å²) in [6.07, 6.45) is 0. The van der Waals surface area contributed by atoms with Gasteiger partial charge in [-0.15, -0.1) is 0 Å². The van der Waals surface area contributed by atoms with E-state index in [9.17, 15) is 0 Å². The van der Waals surface area contributed by atoms with Gasteiger partial charge in [0.2, 0.25) is 0 Å². The van der Waals surface area contributed by atoms with Gasteiger partial charge in [0.1, 0.15) is 0 Å². The molecule has 0 aromatic carbocycles. The average Bonchev–Trinajstić information content (AvgIpc) is 2.02. The van der Waals surface area contributed by atoms with Crippen LogP contribution in [0.3, 0.4) is 0 Å². The highest BCUT2D eigenvalue weighted by Crippen LogP contribution is 2.18. The predicted molar refractivity (Wildman–Crippen MR) is 43.0 cm³/mol. The third kappa shape index (κ3) is 6.62. The van der Waals surface area contributed by atoms with Crippen molar-refractivity contribution in [1.82, 2.24) is 0 Å². The highest BCUT2D eigenvalue weighted by Gasteiger charge is 1.84. The highest BCUT2D eigenvalue weighted by molar-refractivity contribution is 8.76. The van der Waals surface area contributed by atoms with Gasteiger partial charge in [0, 0.05) is 30.0 Å². The van der Waals surface area contributed by atoms with Crippen LogP contribution in [0.2, 0.25) is 0 Å². The average molecular weight is 156 g/mol. The molecule has 0 bridgehead atoms. The van der Waals surface area contributed by atoms with Crippen LogP contribution in [-0.4, -0.2) is 24.5 Å². The molecule has 0 aliphatic rings. The van der Waals surface area contributed by atoms with E-state index in [2.05, 4.69) is 0 Å². The fourth-order valence-electron chi connectivity index (χ4n) is 0.127. The van der Waals surface area contributed by atoms with E-state index in [1.54, 1.807) is 0 Å². The largest absolute Gasteiger partial charge is 0.330 e. The first-order valence-corrected chi connectivity index (χ1v) is 4.25. The zero-order chi connectivity index (χ0) is 9.83. The molecular formula is C4H12N2S2. The zero-order valence-corrected chi connectivity index (χ0v) is 6.02. The summed E-state index contributed by atoms with van der Waals surface area (Å²) in [5.74, 6) is 0. The van der Waals surface area contributed by atoms with E-state index in [0.717, 1.165) is 21.6 Å². The molecule has 8 heavy (non-hydrogen) atoms. The van der Waals surface area contributed by atoms with E-state index in [-0.39, 0.29) is 13.1 Å². The maximum absolute atomic E-state index is 7.21. The lowest BCUT2D eigenvalue weighted by molar-refractivity contribution is 1.15. The molecule has 0 fully saturated rings. The van der Waals surface area contributed by atoms with Crippen molar-refractivity contribution >= 4 is 21.6 Å². The Balaban J connectivity index is 3.82. The molecule has 4 N–H and O–H groups in total. The normalized spacial score (nSPS) is 20.8. The fourth-order valence-corrected chi connectivity index (χ4v) is 1.14. The standard InChI is InChI=1S/C4H12N2S2/c5-1-3-7-8-4-2-6/h1-6H2/i3D2,4D2. The van der Waals surface area contributed by atoms with Crippen molar-refractivity contribution in [2.24, 2.45) is 11.5 Å². The van der Waals surface area contributed by atoms with Gasteiger partial charge in [-0.1, -0.05) is 21.6 Å². The Bertz CT molecular complexity index is 127. The monoisotopic (exact) mass is 156 g/mol. The quantitative estimate of drug-likeness (QED) is 0.562. The fraction of sp³-hybridized carbons (Fsp3) is 1.00. The molecule has 0 aliphatic carbocycles. The van der Waals surface area contributed by atoms with Crippen molar-refractivity contribution in [3.05, 3.63) is 0 Å². The second kappa shape index (κ2) is 7.62. The number of nitrogens with two attached hydrogens (primary N) is 2. The molecular weight excluding hydrogens is 140 g/mol. The minimum absolute atomic E-state index is 0.134. The van der Waals surface area contributed by atoms with Crippen molar-refractivity contribution < 1.29 is 5.48 Å². The van der Waals surface area contributed by atoms with Crippen molar-refractivity contribution in [2.45, 2.75) is 0 Å². The second-order valence-electron chi connectivity index (χ2n) is 0.864. The van der Waals surface area contributed by atoms with Crippen molar-refractivity contribution in [2.75, 3.05) is 24.5 Å². The van der Waals surface area contributed by atoms with Crippen LogP contribution in [0.1, 0.15) is 5.48 Å².